The van der Waals surface area contributed by atoms with Crippen LogP contribution in [0, 0.1) is 0 Å². The van der Waals surface area contributed by atoms with E-state index in [1.807, 2.05) is 30.5 Å². The van der Waals surface area contributed by atoms with E-state index in [-0.39, 0.29) is 0 Å². The number of nitrogens with one attached hydrogen (secondary N) is 1. The summed E-state index contributed by atoms with van der Waals surface area (Å²) in [5, 5.41) is 2.33. The highest BCUT2D eigenvalue weighted by Crippen LogP contribution is 2.26. The van der Waals surface area contributed by atoms with Crippen molar-refractivity contribution in [2.75, 3.05) is 0 Å². The molecule has 1 aromatic carbocycles. The molecule has 0 saturated heterocycles. The van der Waals surface area contributed by atoms with Gasteiger partial charge in [0.15, 0.2) is 0 Å². The number of hydrogen-bond acceptors (Lipinski definition) is 1. The van der Waals surface area contributed by atoms with Crippen LogP contribution in [0.2, 0.25) is 0 Å². The first-order valence-electron chi connectivity index (χ1n) is 3.90. The number of furan rings is 1. The molecule has 1 N–H and O–H groups in total. The van der Waals surface area contributed by atoms with E-state index in [4.69, 9.17) is 4.42 Å². The average Bonchev–Trinajstić information content (AvgIpc) is 2.62. The molecule has 0 unspecified atom stereocenters. The molecule has 3 rings (SSSR count). The topological polar surface area (TPSA) is 28.9 Å². The summed E-state index contributed by atoms with van der Waals surface area (Å²) in [6, 6.07) is 10.1. The highest BCUT2D eigenvalue weighted by atomic mass is 16.3. The van der Waals surface area contributed by atoms with E-state index in [2.05, 4.69) is 11.1 Å². The maximum absolute atomic E-state index is 5.54. The molecule has 2 aromatic heterocycles. The normalized spacial score (nSPS) is 11.3. The molecule has 0 aliphatic rings. The summed E-state index contributed by atoms with van der Waals surface area (Å²) in [7, 11) is 0. The first kappa shape index (κ1) is 5.89. The van der Waals surface area contributed by atoms with Gasteiger partial charge >= 0.3 is 0 Å². The van der Waals surface area contributed by atoms with Crippen molar-refractivity contribution in [3.05, 3.63) is 36.5 Å². The lowest BCUT2D eigenvalue weighted by atomic mass is 10.2. The Morgan fingerprint density at radius 2 is 1.92 bits per heavy atom. The minimum absolute atomic E-state index is 0.858. The third-order valence-corrected chi connectivity index (χ3v) is 2.10. The van der Waals surface area contributed by atoms with Crippen LogP contribution in [0.5, 0.6) is 0 Å². The lowest BCUT2D eigenvalue weighted by Gasteiger charge is -1.83. The van der Waals surface area contributed by atoms with Gasteiger partial charge in [-0.25, -0.2) is 0 Å². The van der Waals surface area contributed by atoms with Crippen molar-refractivity contribution in [1.82, 2.24) is 4.98 Å². The molecule has 2 nitrogen and oxygen atoms in total. The van der Waals surface area contributed by atoms with Gasteiger partial charge in [0.25, 0.3) is 0 Å². The summed E-state index contributed by atoms with van der Waals surface area (Å²) in [6.45, 7) is 0. The van der Waals surface area contributed by atoms with Crippen LogP contribution in [0.3, 0.4) is 0 Å². The van der Waals surface area contributed by atoms with Crippen molar-refractivity contribution >= 4 is 22.1 Å². The molecule has 0 aliphatic heterocycles. The van der Waals surface area contributed by atoms with E-state index >= 15 is 0 Å². The van der Waals surface area contributed by atoms with Gasteiger partial charge in [-0.05, 0) is 12.1 Å². The largest absolute Gasteiger partial charge is 0.440 e. The van der Waals surface area contributed by atoms with Crippen LogP contribution < -0.4 is 0 Å². The van der Waals surface area contributed by atoms with Crippen molar-refractivity contribution < 1.29 is 4.42 Å². The first-order chi connectivity index (χ1) is 5.95. The van der Waals surface area contributed by atoms with Gasteiger partial charge in [-0.15, -0.1) is 0 Å². The Morgan fingerprint density at radius 3 is 2.92 bits per heavy atom. The number of para-hydroxylation sites is 1. The third-order valence-electron chi connectivity index (χ3n) is 2.10. The van der Waals surface area contributed by atoms with Crippen LogP contribution >= 0.6 is 0 Å². The van der Waals surface area contributed by atoms with Crippen molar-refractivity contribution in [3.63, 3.8) is 0 Å². The molecular weight excluding hydrogens is 150 g/mol. The quantitative estimate of drug-likeness (QED) is 0.534. The number of aromatic amines is 1. The van der Waals surface area contributed by atoms with Crippen molar-refractivity contribution in [2.24, 2.45) is 0 Å². The van der Waals surface area contributed by atoms with Gasteiger partial charge in [0.2, 0.25) is 5.71 Å². The van der Waals surface area contributed by atoms with E-state index in [1.165, 1.54) is 5.39 Å². The maximum Gasteiger partial charge on any atom is 0.205 e. The van der Waals surface area contributed by atoms with Gasteiger partial charge in [0.05, 0.1) is 0 Å². The second-order valence-corrected chi connectivity index (χ2v) is 2.82. The number of aromatic nitrogens is 1. The Balaban J connectivity index is 2.68. The summed E-state index contributed by atoms with van der Waals surface area (Å²) >= 11 is 0. The first-order valence-corrected chi connectivity index (χ1v) is 3.90. The highest BCUT2D eigenvalue weighted by molar-refractivity contribution is 6.03. The predicted octanol–water partition coefficient (Wildman–Crippen LogP) is 2.91. The molecular formula is C10H7NO. The summed E-state index contributed by atoms with van der Waals surface area (Å²) in [4.78, 5) is 3.04. The van der Waals surface area contributed by atoms with Gasteiger partial charge < -0.3 is 9.40 Å². The Bertz CT molecular complexity index is 532. The molecule has 2 heterocycles. The molecule has 0 saturated carbocycles. The fraction of sp³-hybridized carbons (Fsp3) is 0. The molecule has 0 atom stereocenters. The van der Waals surface area contributed by atoms with E-state index in [9.17, 15) is 0 Å². The van der Waals surface area contributed by atoms with Gasteiger partial charge in [0.1, 0.15) is 5.58 Å². The minimum atomic E-state index is 0.858. The number of benzene rings is 1. The average molecular weight is 157 g/mol. The molecule has 0 bridgehead atoms. The Labute approximate surface area is 68.8 Å². The molecule has 0 aliphatic carbocycles. The van der Waals surface area contributed by atoms with Crippen molar-refractivity contribution in [3.8, 4) is 0 Å². The molecule has 0 fully saturated rings. The molecule has 0 amide bonds. The molecule has 0 spiro atoms. The van der Waals surface area contributed by atoms with E-state index < -0.39 is 0 Å². The second kappa shape index (κ2) is 1.91. The Morgan fingerprint density at radius 1 is 1.00 bits per heavy atom. The van der Waals surface area contributed by atoms with Crippen LogP contribution in [0.15, 0.2) is 40.9 Å². The number of fused-ring (bicyclic) bond motifs is 3. The SMILES string of the molecule is c1ccc2c(c1)oc1[nH]ccc12. The Kier molecular flexibility index (Phi) is 0.939. The monoisotopic (exact) mass is 157 g/mol. The zero-order valence-electron chi connectivity index (χ0n) is 6.37. The Hall–Kier alpha value is -1.70. The van der Waals surface area contributed by atoms with E-state index in [1.54, 1.807) is 0 Å². The summed E-state index contributed by atoms with van der Waals surface area (Å²) in [5.41, 5.74) is 1.80. The zero-order chi connectivity index (χ0) is 7.97. The second-order valence-electron chi connectivity index (χ2n) is 2.82. The summed E-state index contributed by atoms with van der Waals surface area (Å²) in [6.07, 6.45) is 1.89. The molecule has 3 aromatic rings. The van der Waals surface area contributed by atoms with Gasteiger partial charge in [-0.3, -0.25) is 0 Å². The lowest BCUT2D eigenvalue weighted by molar-refractivity contribution is 0.656. The van der Waals surface area contributed by atoms with Gasteiger partial charge in [-0.1, -0.05) is 18.2 Å². The third kappa shape index (κ3) is 0.593. The van der Waals surface area contributed by atoms with Crippen LogP contribution in [0.4, 0.5) is 0 Å². The zero-order valence-corrected chi connectivity index (χ0v) is 6.37. The summed E-state index contributed by atoms with van der Waals surface area (Å²) < 4.78 is 5.54. The fourth-order valence-electron chi connectivity index (χ4n) is 1.54. The molecule has 2 heteroatoms. The number of hydrogen-bond donors (Lipinski definition) is 1. The number of H-pyrrole nitrogens is 1. The van der Waals surface area contributed by atoms with Crippen molar-refractivity contribution in [1.29, 1.82) is 0 Å². The van der Waals surface area contributed by atoms with Gasteiger partial charge in [-0.2, -0.15) is 0 Å². The molecule has 58 valence electrons. The fourth-order valence-corrected chi connectivity index (χ4v) is 1.54. The van der Waals surface area contributed by atoms with E-state index in [0.29, 0.717) is 0 Å². The summed E-state index contributed by atoms with van der Waals surface area (Å²) in [5.74, 6) is 0. The van der Waals surface area contributed by atoms with Crippen LogP contribution in [0.1, 0.15) is 0 Å². The number of rotatable bonds is 0. The molecule has 0 radical (unpaired) electrons. The standard InChI is InChI=1S/C10H7NO/c1-2-4-9-7(3-1)8-5-6-11-10(8)12-9/h1-6,11H. The maximum atomic E-state index is 5.54. The van der Waals surface area contributed by atoms with Gasteiger partial charge in [0, 0.05) is 17.0 Å². The lowest BCUT2D eigenvalue weighted by Crippen LogP contribution is -1.60. The van der Waals surface area contributed by atoms with Crippen LogP contribution in [-0.2, 0) is 0 Å². The highest BCUT2D eigenvalue weighted by Gasteiger charge is 2.04. The van der Waals surface area contributed by atoms with E-state index in [0.717, 1.165) is 16.7 Å². The van der Waals surface area contributed by atoms with Crippen molar-refractivity contribution in [2.45, 2.75) is 0 Å². The smallest absolute Gasteiger partial charge is 0.205 e. The molecule has 12 heavy (non-hydrogen) atoms. The van der Waals surface area contributed by atoms with Crippen LogP contribution in [-0.4, -0.2) is 4.98 Å². The predicted molar refractivity (Wildman–Crippen MR) is 48.1 cm³/mol. The van der Waals surface area contributed by atoms with Crippen LogP contribution in [0.25, 0.3) is 22.1 Å². The minimum Gasteiger partial charge on any atom is -0.440 e.